The molecule has 0 atom stereocenters. The third kappa shape index (κ3) is 3.91. The zero-order valence-electron chi connectivity index (χ0n) is 18.3. The van der Waals surface area contributed by atoms with Gasteiger partial charge in [0.2, 0.25) is 0 Å². The Hall–Kier alpha value is -1.87. The number of nitrogens with zero attached hydrogens (tertiary/aromatic N) is 1. The van der Waals surface area contributed by atoms with Crippen LogP contribution in [0.1, 0.15) is 50.0 Å². The molecule has 1 aliphatic heterocycles. The van der Waals surface area contributed by atoms with Crippen molar-refractivity contribution in [2.75, 3.05) is 34.5 Å². The number of halogens is 1. The molecule has 4 rings (SSSR count). The number of benzene rings is 1. The molecular formula is C24H28INO5. The number of hydrogen-bond acceptors (Lipinski definition) is 6. The second-order valence-electron chi connectivity index (χ2n) is 8.09. The van der Waals surface area contributed by atoms with Crippen LogP contribution < -0.4 is 9.47 Å². The molecule has 0 N–H and O–H groups in total. The van der Waals surface area contributed by atoms with Gasteiger partial charge in [-0.05, 0) is 66.0 Å². The van der Waals surface area contributed by atoms with Crippen LogP contribution in [0.25, 0.3) is 0 Å². The van der Waals surface area contributed by atoms with Crippen molar-refractivity contribution < 1.29 is 23.8 Å². The number of ether oxygens (including phenoxy) is 3. The van der Waals surface area contributed by atoms with Gasteiger partial charge in [-0.25, -0.2) is 0 Å². The molecule has 7 heteroatoms. The maximum Gasteiger partial charge on any atom is 0.174 e. The highest BCUT2D eigenvalue weighted by atomic mass is 127. The molecule has 0 radical (unpaired) electrons. The van der Waals surface area contributed by atoms with Crippen molar-refractivity contribution in [3.8, 4) is 11.5 Å². The summed E-state index contributed by atoms with van der Waals surface area (Å²) in [6.07, 6.45) is 4.42. The predicted octanol–water partition coefficient (Wildman–Crippen LogP) is 4.37. The van der Waals surface area contributed by atoms with Gasteiger partial charge in [-0.3, -0.25) is 9.59 Å². The van der Waals surface area contributed by atoms with Gasteiger partial charge >= 0.3 is 0 Å². The minimum Gasteiger partial charge on any atom is -0.493 e. The molecule has 0 spiro atoms. The maximum atomic E-state index is 13.3. The lowest BCUT2D eigenvalue weighted by Gasteiger charge is -2.44. The van der Waals surface area contributed by atoms with Crippen LogP contribution in [0.3, 0.4) is 0 Å². The van der Waals surface area contributed by atoms with E-state index in [-0.39, 0.29) is 17.5 Å². The van der Waals surface area contributed by atoms with E-state index in [0.717, 1.165) is 57.4 Å². The molecule has 6 nitrogen and oxygen atoms in total. The normalized spacial score (nSPS) is 19.5. The number of methoxy groups -OCH3 is 3. The van der Waals surface area contributed by atoms with Gasteiger partial charge in [-0.15, -0.1) is 0 Å². The molecule has 1 aromatic carbocycles. The minimum absolute atomic E-state index is 0.142. The molecule has 0 aromatic heterocycles. The molecule has 0 unspecified atom stereocenters. The zero-order chi connectivity index (χ0) is 22.1. The molecule has 0 fully saturated rings. The van der Waals surface area contributed by atoms with Crippen molar-refractivity contribution in [3.63, 3.8) is 0 Å². The Balaban J connectivity index is 1.95. The van der Waals surface area contributed by atoms with Gasteiger partial charge in [0.05, 0.1) is 24.4 Å². The summed E-state index contributed by atoms with van der Waals surface area (Å²) < 4.78 is 17.4. The van der Waals surface area contributed by atoms with Crippen molar-refractivity contribution >= 4 is 34.2 Å². The van der Waals surface area contributed by atoms with E-state index < -0.39 is 0 Å². The number of allylic oxidation sites excluding steroid dienone is 4. The standard InChI is InChI=1S/C24H28INO5/c1-29-11-10-26-16-6-4-8-18(27)22(16)21(23-17(26)7-5-9-19(23)28)14-12-15(25)24(31-3)20(13-14)30-2/h12-13,21H,4-11H2,1-3H3. The van der Waals surface area contributed by atoms with Crippen LogP contribution in [0.4, 0.5) is 0 Å². The van der Waals surface area contributed by atoms with E-state index in [2.05, 4.69) is 27.5 Å². The zero-order valence-corrected chi connectivity index (χ0v) is 20.4. The van der Waals surface area contributed by atoms with E-state index in [1.165, 1.54) is 0 Å². The van der Waals surface area contributed by atoms with Gasteiger partial charge < -0.3 is 19.1 Å². The van der Waals surface area contributed by atoms with Gasteiger partial charge in [0.25, 0.3) is 0 Å². The van der Waals surface area contributed by atoms with E-state index in [1.807, 2.05) is 12.1 Å². The Morgan fingerprint density at radius 1 is 0.935 bits per heavy atom. The molecule has 2 aliphatic carbocycles. The molecule has 0 amide bonds. The number of ketones is 2. The van der Waals surface area contributed by atoms with Crippen molar-refractivity contribution in [2.24, 2.45) is 0 Å². The Morgan fingerprint density at radius 2 is 1.55 bits per heavy atom. The number of Topliss-reactive ketones (excluding diaryl/α,β-unsaturated/α-hetero) is 2. The molecule has 0 saturated heterocycles. The van der Waals surface area contributed by atoms with E-state index in [1.54, 1.807) is 21.3 Å². The first-order valence-corrected chi connectivity index (χ1v) is 11.8. The summed E-state index contributed by atoms with van der Waals surface area (Å²) in [5.41, 5.74) is 4.60. The summed E-state index contributed by atoms with van der Waals surface area (Å²) in [4.78, 5) is 28.7. The predicted molar refractivity (Wildman–Crippen MR) is 125 cm³/mol. The first kappa shape index (κ1) is 22.3. The largest absolute Gasteiger partial charge is 0.493 e. The monoisotopic (exact) mass is 537 g/mol. The van der Waals surface area contributed by atoms with Gasteiger partial charge in [0, 0.05) is 55.0 Å². The average molecular weight is 537 g/mol. The van der Waals surface area contributed by atoms with Crippen LogP contribution in [0.5, 0.6) is 11.5 Å². The first-order valence-electron chi connectivity index (χ1n) is 10.7. The average Bonchev–Trinajstić information content (AvgIpc) is 2.76. The molecule has 1 heterocycles. The number of carbonyl (C=O) groups excluding carboxylic acids is 2. The number of carbonyl (C=O) groups is 2. The quantitative estimate of drug-likeness (QED) is 0.503. The number of rotatable bonds is 6. The van der Waals surface area contributed by atoms with Gasteiger partial charge in [0.1, 0.15) is 0 Å². The molecular weight excluding hydrogens is 509 g/mol. The summed E-state index contributed by atoms with van der Waals surface area (Å²) in [5, 5.41) is 0. The van der Waals surface area contributed by atoms with E-state index in [9.17, 15) is 9.59 Å². The number of hydrogen-bond donors (Lipinski definition) is 0. The van der Waals surface area contributed by atoms with Crippen molar-refractivity contribution in [1.29, 1.82) is 0 Å². The Morgan fingerprint density at radius 3 is 2.06 bits per heavy atom. The fourth-order valence-electron chi connectivity index (χ4n) is 5.11. The van der Waals surface area contributed by atoms with Gasteiger partial charge in [-0.2, -0.15) is 0 Å². The summed E-state index contributed by atoms with van der Waals surface area (Å²) in [6, 6.07) is 3.95. The van der Waals surface area contributed by atoms with Crippen LogP contribution in [-0.2, 0) is 14.3 Å². The van der Waals surface area contributed by atoms with Crippen LogP contribution in [0, 0.1) is 3.57 Å². The SMILES string of the molecule is COCCN1C2=C(C(=O)CCC2)C(c2cc(I)c(OC)c(OC)c2)C2=C1CCCC2=O. The lowest BCUT2D eigenvalue weighted by Crippen LogP contribution is -2.40. The van der Waals surface area contributed by atoms with Gasteiger partial charge in [0.15, 0.2) is 23.1 Å². The highest BCUT2D eigenvalue weighted by Crippen LogP contribution is 2.50. The summed E-state index contributed by atoms with van der Waals surface area (Å²) in [6.45, 7) is 1.21. The lowest BCUT2D eigenvalue weighted by molar-refractivity contribution is -0.117. The van der Waals surface area contributed by atoms with Crippen molar-refractivity contribution in [1.82, 2.24) is 4.90 Å². The Labute approximate surface area is 196 Å². The second-order valence-corrected chi connectivity index (χ2v) is 9.25. The lowest BCUT2D eigenvalue weighted by atomic mass is 9.71. The maximum absolute atomic E-state index is 13.3. The summed E-state index contributed by atoms with van der Waals surface area (Å²) in [7, 11) is 4.91. The smallest absolute Gasteiger partial charge is 0.174 e. The van der Waals surface area contributed by atoms with Crippen LogP contribution >= 0.6 is 22.6 Å². The van der Waals surface area contributed by atoms with Crippen LogP contribution in [0.2, 0.25) is 0 Å². The third-order valence-corrected chi connectivity index (χ3v) is 7.20. The van der Waals surface area contributed by atoms with Gasteiger partial charge in [-0.1, -0.05) is 0 Å². The molecule has 3 aliphatic rings. The van der Waals surface area contributed by atoms with Crippen molar-refractivity contribution in [3.05, 3.63) is 43.8 Å². The van der Waals surface area contributed by atoms with E-state index >= 15 is 0 Å². The first-order chi connectivity index (χ1) is 15.0. The van der Waals surface area contributed by atoms with E-state index in [0.29, 0.717) is 37.5 Å². The Kier molecular flexibility index (Phi) is 6.71. The molecule has 1 aromatic rings. The fraction of sp³-hybridized carbons (Fsp3) is 0.500. The molecule has 0 bridgehead atoms. The summed E-state index contributed by atoms with van der Waals surface area (Å²) >= 11 is 2.23. The minimum atomic E-state index is -0.349. The molecule has 0 saturated carbocycles. The molecule has 31 heavy (non-hydrogen) atoms. The van der Waals surface area contributed by atoms with Crippen molar-refractivity contribution in [2.45, 2.75) is 44.4 Å². The van der Waals surface area contributed by atoms with E-state index in [4.69, 9.17) is 14.2 Å². The third-order valence-electron chi connectivity index (χ3n) is 6.39. The van der Waals surface area contributed by atoms with Crippen LogP contribution in [0.15, 0.2) is 34.7 Å². The molecule has 166 valence electrons. The van der Waals surface area contributed by atoms with Crippen LogP contribution in [-0.4, -0.2) is 50.9 Å². The highest BCUT2D eigenvalue weighted by Gasteiger charge is 2.43. The second kappa shape index (κ2) is 9.32. The fourth-order valence-corrected chi connectivity index (χ4v) is 5.95. The Bertz CT molecular complexity index is 936. The highest BCUT2D eigenvalue weighted by molar-refractivity contribution is 14.1. The topological polar surface area (TPSA) is 65.1 Å². The summed E-state index contributed by atoms with van der Waals surface area (Å²) in [5.74, 6) is 1.21.